The van der Waals surface area contributed by atoms with Crippen molar-refractivity contribution in [3.63, 3.8) is 0 Å². The van der Waals surface area contributed by atoms with Gasteiger partial charge in [-0.25, -0.2) is 0 Å². The highest BCUT2D eigenvalue weighted by Crippen LogP contribution is 2.26. The molecule has 0 aliphatic rings. The summed E-state index contributed by atoms with van der Waals surface area (Å²) in [4.78, 5) is 25.4. The third kappa shape index (κ3) is 6.18. The predicted octanol–water partition coefficient (Wildman–Crippen LogP) is 5.43. The minimum absolute atomic E-state index is 0.0617. The summed E-state index contributed by atoms with van der Waals surface area (Å²) in [5.41, 5.74) is 3.38. The standard InChI is InChI=1S/C25H30ClN5O2S/c1-6-31-23(22(15(2)3)28-24(33)18-9-7-8-10-19(18)26)29-30-25(31)34-14-21(32)27-20-12-11-16(4)13-17(20)5/h7-13,15,22H,6,14H2,1-5H3,(H,27,32)(H,28,33). The smallest absolute Gasteiger partial charge is 0.253 e. The summed E-state index contributed by atoms with van der Waals surface area (Å²) in [6.07, 6.45) is 0. The third-order valence-corrected chi connectivity index (χ3v) is 6.70. The van der Waals surface area contributed by atoms with Gasteiger partial charge in [-0.1, -0.05) is 67.0 Å². The van der Waals surface area contributed by atoms with Crippen molar-refractivity contribution in [3.8, 4) is 0 Å². The number of amides is 2. The van der Waals surface area contributed by atoms with E-state index in [9.17, 15) is 9.59 Å². The summed E-state index contributed by atoms with van der Waals surface area (Å²) in [6.45, 7) is 10.6. The number of anilines is 1. The average molecular weight is 500 g/mol. The Balaban J connectivity index is 1.72. The van der Waals surface area contributed by atoms with Crippen molar-refractivity contribution in [2.75, 3.05) is 11.1 Å². The fraction of sp³-hybridized carbons (Fsp3) is 0.360. The molecule has 0 spiro atoms. The highest BCUT2D eigenvalue weighted by molar-refractivity contribution is 7.99. The van der Waals surface area contributed by atoms with Crippen LogP contribution in [-0.4, -0.2) is 32.3 Å². The van der Waals surface area contributed by atoms with Crippen LogP contribution in [0, 0.1) is 19.8 Å². The Morgan fingerprint density at radius 2 is 1.85 bits per heavy atom. The van der Waals surface area contributed by atoms with E-state index in [1.54, 1.807) is 24.3 Å². The van der Waals surface area contributed by atoms with Gasteiger partial charge in [-0.15, -0.1) is 10.2 Å². The number of nitrogens with zero attached hydrogens (tertiary/aromatic N) is 3. The molecule has 1 heterocycles. The summed E-state index contributed by atoms with van der Waals surface area (Å²) in [7, 11) is 0. The Hall–Kier alpha value is -2.84. The number of benzene rings is 2. The SMILES string of the molecule is CCn1c(SCC(=O)Nc2ccc(C)cc2C)nnc1C(NC(=O)c1ccccc1Cl)C(C)C. The van der Waals surface area contributed by atoms with Gasteiger partial charge in [0.1, 0.15) is 0 Å². The number of thioether (sulfide) groups is 1. The highest BCUT2D eigenvalue weighted by atomic mass is 35.5. The normalized spacial score (nSPS) is 12.0. The molecule has 0 bridgehead atoms. The first kappa shape index (κ1) is 25.8. The number of aromatic nitrogens is 3. The van der Waals surface area contributed by atoms with Gasteiger partial charge in [0.05, 0.1) is 22.4 Å². The summed E-state index contributed by atoms with van der Waals surface area (Å²) in [5, 5.41) is 15.7. The van der Waals surface area contributed by atoms with Crippen LogP contribution in [0.3, 0.4) is 0 Å². The van der Waals surface area contributed by atoms with E-state index in [4.69, 9.17) is 11.6 Å². The van der Waals surface area contributed by atoms with Crippen LogP contribution in [0.25, 0.3) is 0 Å². The molecule has 0 aliphatic carbocycles. The minimum Gasteiger partial charge on any atom is -0.342 e. The summed E-state index contributed by atoms with van der Waals surface area (Å²) >= 11 is 7.52. The zero-order valence-corrected chi connectivity index (χ0v) is 21.6. The highest BCUT2D eigenvalue weighted by Gasteiger charge is 2.26. The van der Waals surface area contributed by atoms with Crippen molar-refractivity contribution in [1.29, 1.82) is 0 Å². The van der Waals surface area contributed by atoms with Gasteiger partial charge in [-0.2, -0.15) is 0 Å². The predicted molar refractivity (Wildman–Crippen MR) is 137 cm³/mol. The molecule has 1 atom stereocenters. The molecule has 2 aromatic carbocycles. The van der Waals surface area contributed by atoms with Gasteiger partial charge < -0.3 is 15.2 Å². The lowest BCUT2D eigenvalue weighted by Crippen LogP contribution is -2.34. The number of carbonyl (C=O) groups excluding carboxylic acids is 2. The zero-order valence-electron chi connectivity index (χ0n) is 20.1. The molecule has 0 radical (unpaired) electrons. The second-order valence-electron chi connectivity index (χ2n) is 8.42. The maximum Gasteiger partial charge on any atom is 0.253 e. The molecule has 0 saturated carbocycles. The van der Waals surface area contributed by atoms with Gasteiger partial charge in [-0.05, 0) is 50.5 Å². The van der Waals surface area contributed by atoms with Crippen molar-refractivity contribution in [1.82, 2.24) is 20.1 Å². The van der Waals surface area contributed by atoms with Crippen LogP contribution < -0.4 is 10.6 Å². The van der Waals surface area contributed by atoms with E-state index in [1.165, 1.54) is 11.8 Å². The fourth-order valence-electron chi connectivity index (χ4n) is 3.60. The van der Waals surface area contributed by atoms with Crippen molar-refractivity contribution < 1.29 is 9.59 Å². The van der Waals surface area contributed by atoms with E-state index < -0.39 is 0 Å². The molecule has 3 aromatic rings. The first-order chi connectivity index (χ1) is 16.2. The van der Waals surface area contributed by atoms with Crippen molar-refractivity contribution in [2.24, 2.45) is 5.92 Å². The van der Waals surface area contributed by atoms with Gasteiger partial charge in [0.25, 0.3) is 5.91 Å². The maximum atomic E-state index is 12.9. The quantitative estimate of drug-likeness (QED) is 0.383. The molecular formula is C25H30ClN5O2S. The molecule has 0 saturated heterocycles. The number of nitrogens with one attached hydrogen (secondary N) is 2. The molecule has 2 amide bonds. The lowest BCUT2D eigenvalue weighted by atomic mass is 10.0. The number of hydrogen-bond donors (Lipinski definition) is 2. The van der Waals surface area contributed by atoms with E-state index in [1.807, 2.05) is 57.4 Å². The van der Waals surface area contributed by atoms with Crippen LogP contribution in [0.4, 0.5) is 5.69 Å². The Kier molecular flexibility index (Phi) is 8.74. The van der Waals surface area contributed by atoms with Crippen LogP contribution in [0.5, 0.6) is 0 Å². The Labute approximate surface area is 209 Å². The third-order valence-electron chi connectivity index (χ3n) is 5.40. The Bertz CT molecular complexity index is 1180. The fourth-order valence-corrected chi connectivity index (χ4v) is 4.63. The van der Waals surface area contributed by atoms with Crippen LogP contribution in [-0.2, 0) is 11.3 Å². The topological polar surface area (TPSA) is 88.9 Å². The lowest BCUT2D eigenvalue weighted by molar-refractivity contribution is -0.113. The minimum atomic E-state index is -0.366. The molecule has 7 nitrogen and oxygen atoms in total. The summed E-state index contributed by atoms with van der Waals surface area (Å²) in [6, 6.07) is 12.5. The average Bonchev–Trinajstić information content (AvgIpc) is 3.20. The molecule has 3 rings (SSSR count). The second kappa shape index (κ2) is 11.5. The zero-order chi connectivity index (χ0) is 24.8. The number of halogens is 1. The molecule has 2 N–H and O–H groups in total. The van der Waals surface area contributed by atoms with Crippen LogP contribution >= 0.6 is 23.4 Å². The number of rotatable bonds is 9. The van der Waals surface area contributed by atoms with Crippen molar-refractivity contribution in [2.45, 2.75) is 52.4 Å². The number of carbonyl (C=O) groups is 2. The second-order valence-corrected chi connectivity index (χ2v) is 9.76. The monoisotopic (exact) mass is 499 g/mol. The molecule has 9 heteroatoms. The van der Waals surface area contributed by atoms with Gasteiger partial charge >= 0.3 is 0 Å². The Morgan fingerprint density at radius 3 is 2.50 bits per heavy atom. The van der Waals surface area contributed by atoms with Gasteiger partial charge in [0, 0.05) is 12.2 Å². The molecule has 34 heavy (non-hydrogen) atoms. The number of hydrogen-bond acceptors (Lipinski definition) is 5. The van der Waals surface area contributed by atoms with E-state index in [0.717, 1.165) is 16.8 Å². The Morgan fingerprint density at radius 1 is 1.12 bits per heavy atom. The molecule has 180 valence electrons. The number of aryl methyl sites for hydroxylation is 2. The van der Waals surface area contributed by atoms with Crippen LogP contribution in [0.15, 0.2) is 47.6 Å². The summed E-state index contributed by atoms with van der Waals surface area (Å²) in [5.74, 6) is 0.527. The van der Waals surface area contributed by atoms with E-state index in [-0.39, 0.29) is 29.5 Å². The van der Waals surface area contributed by atoms with Crippen LogP contribution in [0.1, 0.15) is 54.1 Å². The molecule has 0 fully saturated rings. The maximum absolute atomic E-state index is 12.9. The molecule has 1 unspecified atom stereocenters. The summed E-state index contributed by atoms with van der Waals surface area (Å²) < 4.78 is 1.94. The van der Waals surface area contributed by atoms with E-state index in [0.29, 0.717) is 28.1 Å². The van der Waals surface area contributed by atoms with Gasteiger partial charge in [0.15, 0.2) is 11.0 Å². The van der Waals surface area contributed by atoms with Crippen molar-refractivity contribution in [3.05, 3.63) is 70.0 Å². The first-order valence-electron chi connectivity index (χ1n) is 11.2. The van der Waals surface area contributed by atoms with Gasteiger partial charge in [0.2, 0.25) is 5.91 Å². The largest absolute Gasteiger partial charge is 0.342 e. The van der Waals surface area contributed by atoms with E-state index in [2.05, 4.69) is 20.8 Å². The van der Waals surface area contributed by atoms with Crippen molar-refractivity contribution >= 4 is 40.9 Å². The molecular weight excluding hydrogens is 470 g/mol. The van der Waals surface area contributed by atoms with Gasteiger partial charge in [-0.3, -0.25) is 9.59 Å². The lowest BCUT2D eigenvalue weighted by Gasteiger charge is -2.22. The molecule has 0 aliphatic heterocycles. The first-order valence-corrected chi connectivity index (χ1v) is 12.6. The van der Waals surface area contributed by atoms with Crippen LogP contribution in [0.2, 0.25) is 5.02 Å². The molecule has 1 aromatic heterocycles. The van der Waals surface area contributed by atoms with E-state index >= 15 is 0 Å².